The molecule has 27 heavy (non-hydrogen) atoms. The van der Waals surface area contributed by atoms with Crippen molar-refractivity contribution in [1.29, 1.82) is 0 Å². The number of nitrogens with zero attached hydrogens (tertiary/aromatic N) is 1. The summed E-state index contributed by atoms with van der Waals surface area (Å²) in [6.07, 6.45) is 2.20. The van der Waals surface area contributed by atoms with Gasteiger partial charge in [0, 0.05) is 25.4 Å². The zero-order valence-corrected chi connectivity index (χ0v) is 15.0. The SMILES string of the molecule is O=C(CCc1ccc2c(c1)OCO2)N1CCC(c2ccc3c(c2)OCO3)C1. The molecule has 5 rings (SSSR count). The van der Waals surface area contributed by atoms with Crippen LogP contribution in [0.3, 0.4) is 0 Å². The van der Waals surface area contributed by atoms with Crippen LogP contribution in [0.25, 0.3) is 0 Å². The Balaban J connectivity index is 1.18. The Labute approximate surface area is 157 Å². The van der Waals surface area contributed by atoms with Crippen LogP contribution in [-0.2, 0) is 11.2 Å². The molecule has 0 spiro atoms. The van der Waals surface area contributed by atoms with Crippen molar-refractivity contribution in [1.82, 2.24) is 4.90 Å². The molecule has 3 heterocycles. The molecule has 0 aliphatic carbocycles. The van der Waals surface area contributed by atoms with Crippen LogP contribution >= 0.6 is 0 Å². The van der Waals surface area contributed by atoms with Crippen molar-refractivity contribution in [2.24, 2.45) is 0 Å². The van der Waals surface area contributed by atoms with Crippen molar-refractivity contribution in [3.8, 4) is 23.0 Å². The van der Waals surface area contributed by atoms with Gasteiger partial charge in [-0.15, -0.1) is 0 Å². The van der Waals surface area contributed by atoms with E-state index in [0.29, 0.717) is 18.8 Å². The minimum atomic E-state index is 0.205. The third-order valence-corrected chi connectivity index (χ3v) is 5.47. The molecular formula is C21H21NO5. The second-order valence-electron chi connectivity index (χ2n) is 7.13. The normalized spacial score (nSPS) is 19.6. The molecule has 3 aliphatic heterocycles. The number of amides is 1. The van der Waals surface area contributed by atoms with Crippen LogP contribution in [0.1, 0.15) is 29.9 Å². The molecule has 1 saturated heterocycles. The molecule has 1 amide bonds. The highest BCUT2D eigenvalue weighted by atomic mass is 16.7. The number of likely N-dealkylation sites (tertiary alicyclic amines) is 1. The van der Waals surface area contributed by atoms with Crippen LogP contribution in [-0.4, -0.2) is 37.5 Å². The van der Waals surface area contributed by atoms with Gasteiger partial charge in [-0.25, -0.2) is 0 Å². The van der Waals surface area contributed by atoms with E-state index in [1.165, 1.54) is 5.56 Å². The van der Waals surface area contributed by atoms with Crippen LogP contribution in [0.2, 0.25) is 0 Å². The summed E-state index contributed by atoms with van der Waals surface area (Å²) < 4.78 is 21.6. The molecule has 0 bridgehead atoms. The van der Waals surface area contributed by atoms with E-state index in [4.69, 9.17) is 18.9 Å². The quantitative estimate of drug-likeness (QED) is 0.831. The Kier molecular flexibility index (Phi) is 4.03. The average Bonchev–Trinajstić information content (AvgIpc) is 3.45. The molecule has 6 nitrogen and oxygen atoms in total. The lowest BCUT2D eigenvalue weighted by molar-refractivity contribution is -0.130. The van der Waals surface area contributed by atoms with Gasteiger partial charge in [-0.2, -0.15) is 0 Å². The summed E-state index contributed by atoms with van der Waals surface area (Å²) in [7, 11) is 0. The van der Waals surface area contributed by atoms with E-state index in [1.807, 2.05) is 35.2 Å². The van der Waals surface area contributed by atoms with Crippen molar-refractivity contribution in [3.05, 3.63) is 47.5 Å². The monoisotopic (exact) mass is 367 g/mol. The molecule has 6 heteroatoms. The molecule has 0 aromatic heterocycles. The minimum absolute atomic E-state index is 0.205. The van der Waals surface area contributed by atoms with Gasteiger partial charge in [0.2, 0.25) is 19.5 Å². The third-order valence-electron chi connectivity index (χ3n) is 5.47. The number of hydrogen-bond donors (Lipinski definition) is 0. The van der Waals surface area contributed by atoms with E-state index in [0.717, 1.165) is 48.1 Å². The predicted molar refractivity (Wildman–Crippen MR) is 97.4 cm³/mol. The molecule has 1 unspecified atom stereocenters. The third kappa shape index (κ3) is 3.16. The predicted octanol–water partition coefficient (Wildman–Crippen LogP) is 3.09. The number of rotatable bonds is 4. The molecule has 1 fully saturated rings. The minimum Gasteiger partial charge on any atom is -0.454 e. The maximum absolute atomic E-state index is 12.6. The number of carbonyl (C=O) groups is 1. The summed E-state index contributed by atoms with van der Waals surface area (Å²) in [5.41, 5.74) is 2.31. The van der Waals surface area contributed by atoms with Gasteiger partial charge in [0.25, 0.3) is 0 Å². The average molecular weight is 367 g/mol. The van der Waals surface area contributed by atoms with Crippen molar-refractivity contribution in [2.75, 3.05) is 26.7 Å². The Bertz CT molecular complexity index is 881. The van der Waals surface area contributed by atoms with Gasteiger partial charge in [0.1, 0.15) is 0 Å². The summed E-state index contributed by atoms with van der Waals surface area (Å²) in [6, 6.07) is 12.0. The van der Waals surface area contributed by atoms with Gasteiger partial charge in [0.15, 0.2) is 23.0 Å². The van der Waals surface area contributed by atoms with Gasteiger partial charge in [-0.05, 0) is 48.2 Å². The number of aryl methyl sites for hydroxylation is 1. The molecule has 2 aromatic rings. The lowest BCUT2D eigenvalue weighted by atomic mass is 9.98. The van der Waals surface area contributed by atoms with E-state index in [-0.39, 0.29) is 19.5 Å². The first-order chi connectivity index (χ1) is 13.3. The Hall–Kier alpha value is -2.89. The lowest BCUT2D eigenvalue weighted by Crippen LogP contribution is -2.28. The van der Waals surface area contributed by atoms with Crippen LogP contribution in [0.4, 0.5) is 0 Å². The summed E-state index contributed by atoms with van der Waals surface area (Å²) in [4.78, 5) is 14.6. The van der Waals surface area contributed by atoms with Gasteiger partial charge in [-0.1, -0.05) is 12.1 Å². The van der Waals surface area contributed by atoms with Crippen molar-refractivity contribution in [3.63, 3.8) is 0 Å². The highest BCUT2D eigenvalue weighted by Crippen LogP contribution is 2.37. The largest absolute Gasteiger partial charge is 0.454 e. The summed E-state index contributed by atoms with van der Waals surface area (Å²) in [5.74, 6) is 3.71. The van der Waals surface area contributed by atoms with Crippen molar-refractivity contribution < 1.29 is 23.7 Å². The van der Waals surface area contributed by atoms with Crippen LogP contribution in [0.5, 0.6) is 23.0 Å². The topological polar surface area (TPSA) is 57.2 Å². The lowest BCUT2D eigenvalue weighted by Gasteiger charge is -2.17. The molecule has 3 aliphatic rings. The maximum Gasteiger partial charge on any atom is 0.231 e. The van der Waals surface area contributed by atoms with E-state index in [1.54, 1.807) is 0 Å². The number of ether oxygens (including phenoxy) is 4. The van der Waals surface area contributed by atoms with E-state index >= 15 is 0 Å². The first-order valence-corrected chi connectivity index (χ1v) is 9.32. The van der Waals surface area contributed by atoms with Crippen molar-refractivity contribution >= 4 is 5.91 Å². The Morgan fingerprint density at radius 2 is 1.63 bits per heavy atom. The van der Waals surface area contributed by atoms with E-state index in [9.17, 15) is 4.79 Å². The van der Waals surface area contributed by atoms with Crippen LogP contribution in [0, 0.1) is 0 Å². The van der Waals surface area contributed by atoms with Gasteiger partial charge >= 0.3 is 0 Å². The summed E-state index contributed by atoms with van der Waals surface area (Å²) in [6.45, 7) is 2.12. The molecule has 2 aromatic carbocycles. The molecule has 0 saturated carbocycles. The van der Waals surface area contributed by atoms with Crippen LogP contribution < -0.4 is 18.9 Å². The van der Waals surface area contributed by atoms with Crippen molar-refractivity contribution in [2.45, 2.75) is 25.2 Å². The zero-order valence-electron chi connectivity index (χ0n) is 15.0. The number of benzene rings is 2. The molecule has 0 radical (unpaired) electrons. The second kappa shape index (κ2) is 6.68. The number of fused-ring (bicyclic) bond motifs is 2. The Morgan fingerprint density at radius 3 is 2.44 bits per heavy atom. The Morgan fingerprint density at radius 1 is 0.926 bits per heavy atom. The van der Waals surface area contributed by atoms with Gasteiger partial charge < -0.3 is 23.8 Å². The smallest absolute Gasteiger partial charge is 0.231 e. The van der Waals surface area contributed by atoms with Crippen LogP contribution in [0.15, 0.2) is 36.4 Å². The first-order valence-electron chi connectivity index (χ1n) is 9.32. The molecule has 140 valence electrons. The van der Waals surface area contributed by atoms with Gasteiger partial charge in [-0.3, -0.25) is 4.79 Å². The highest BCUT2D eigenvalue weighted by molar-refractivity contribution is 5.77. The summed E-state index contributed by atoms with van der Waals surface area (Å²) in [5, 5.41) is 0. The first kappa shape index (κ1) is 16.3. The summed E-state index contributed by atoms with van der Waals surface area (Å²) >= 11 is 0. The zero-order chi connectivity index (χ0) is 18.2. The van der Waals surface area contributed by atoms with E-state index < -0.39 is 0 Å². The van der Waals surface area contributed by atoms with E-state index in [2.05, 4.69) is 6.07 Å². The fourth-order valence-corrected chi connectivity index (χ4v) is 3.93. The fraction of sp³-hybridized carbons (Fsp3) is 0.381. The second-order valence-corrected chi connectivity index (χ2v) is 7.13. The molecule has 1 atom stereocenters. The molecule has 0 N–H and O–H groups in total. The number of hydrogen-bond acceptors (Lipinski definition) is 5. The fourth-order valence-electron chi connectivity index (χ4n) is 3.93. The van der Waals surface area contributed by atoms with Gasteiger partial charge in [0.05, 0.1) is 0 Å². The maximum atomic E-state index is 12.6. The molecular weight excluding hydrogens is 346 g/mol. The standard InChI is InChI=1S/C21H21NO5/c23-21(6-2-14-1-4-17-19(9-14)26-12-24-17)22-8-7-16(11-22)15-3-5-18-20(10-15)27-13-25-18/h1,3-5,9-10,16H,2,6-8,11-13H2. The highest BCUT2D eigenvalue weighted by Gasteiger charge is 2.28. The number of carbonyl (C=O) groups excluding carboxylic acids is 1.